The number of nitrogens with one attached hydrogen (secondary N) is 2. The summed E-state index contributed by atoms with van der Waals surface area (Å²) in [5.41, 5.74) is 3.54. The number of piperidine rings is 1. The molecule has 2 amide bonds. The van der Waals surface area contributed by atoms with Crippen LogP contribution in [0.3, 0.4) is 0 Å². The van der Waals surface area contributed by atoms with E-state index in [1.807, 2.05) is 11.1 Å². The Morgan fingerprint density at radius 1 is 1.14 bits per heavy atom. The standard InChI is InChI=1S/C29H37FN4O/c1-33(2)29(23-8-4-3-5-9-23)14-12-21(13-15-29)18-32-28(35)34-16-6-7-22(20-34)26-19-31-27-11-10-24(30)17-25(26)27/h3-5,8-11,17,19,21-22,31H,6-7,12-16,18,20H2,1-2H3,(H,32,35). The number of carbonyl (C=O) groups excluding carboxylic acids is 1. The van der Waals surface area contributed by atoms with E-state index in [-0.39, 0.29) is 23.3 Å². The van der Waals surface area contributed by atoms with Crippen molar-refractivity contribution in [3.8, 4) is 0 Å². The number of aromatic nitrogens is 1. The highest BCUT2D eigenvalue weighted by Crippen LogP contribution is 2.43. The summed E-state index contributed by atoms with van der Waals surface area (Å²) in [5, 5.41) is 4.17. The molecular formula is C29H37FN4O. The lowest BCUT2D eigenvalue weighted by Crippen LogP contribution is -2.48. The lowest BCUT2D eigenvalue weighted by molar-refractivity contribution is 0.0769. The Labute approximate surface area is 207 Å². The third kappa shape index (κ3) is 4.81. The molecule has 6 heteroatoms. The summed E-state index contributed by atoms with van der Waals surface area (Å²) in [7, 11) is 4.37. The monoisotopic (exact) mass is 476 g/mol. The molecule has 2 heterocycles. The van der Waals surface area contributed by atoms with Crippen LogP contribution in [0.1, 0.15) is 55.6 Å². The van der Waals surface area contributed by atoms with Gasteiger partial charge in [0.15, 0.2) is 0 Å². The molecule has 186 valence electrons. The average molecular weight is 477 g/mol. The predicted molar refractivity (Wildman–Crippen MR) is 139 cm³/mol. The maximum Gasteiger partial charge on any atom is 0.317 e. The van der Waals surface area contributed by atoms with Crippen molar-refractivity contribution in [1.82, 2.24) is 20.1 Å². The van der Waals surface area contributed by atoms with Gasteiger partial charge in [-0.2, -0.15) is 0 Å². The molecule has 1 saturated carbocycles. The number of urea groups is 1. The third-order valence-corrected chi connectivity index (χ3v) is 8.47. The minimum Gasteiger partial charge on any atom is -0.361 e. The molecule has 1 atom stereocenters. The number of H-pyrrole nitrogens is 1. The quantitative estimate of drug-likeness (QED) is 0.486. The zero-order chi connectivity index (χ0) is 24.4. The van der Waals surface area contributed by atoms with Crippen molar-refractivity contribution in [2.24, 2.45) is 5.92 Å². The lowest BCUT2D eigenvalue weighted by atomic mass is 9.72. The van der Waals surface area contributed by atoms with Gasteiger partial charge in [0.05, 0.1) is 0 Å². The summed E-state index contributed by atoms with van der Waals surface area (Å²) >= 11 is 0. The fourth-order valence-corrected chi connectivity index (χ4v) is 6.31. The van der Waals surface area contributed by atoms with Crippen LogP contribution in [-0.2, 0) is 5.54 Å². The van der Waals surface area contributed by atoms with Crippen LogP contribution in [0.25, 0.3) is 10.9 Å². The number of likely N-dealkylation sites (tertiary alicyclic amines) is 1. The summed E-state index contributed by atoms with van der Waals surface area (Å²) in [6, 6.07) is 15.7. The number of hydrogen-bond donors (Lipinski definition) is 2. The molecule has 3 aromatic rings. The van der Waals surface area contributed by atoms with E-state index in [0.717, 1.165) is 68.1 Å². The van der Waals surface area contributed by atoms with E-state index in [2.05, 4.69) is 59.6 Å². The second kappa shape index (κ2) is 10.0. The number of carbonyl (C=O) groups is 1. The Bertz CT molecular complexity index is 1150. The van der Waals surface area contributed by atoms with Gasteiger partial charge in [-0.25, -0.2) is 9.18 Å². The van der Waals surface area contributed by atoms with Gasteiger partial charge in [0.2, 0.25) is 0 Å². The molecule has 0 bridgehead atoms. The highest BCUT2D eigenvalue weighted by Gasteiger charge is 2.38. The predicted octanol–water partition coefficient (Wildman–Crippen LogP) is 5.84. The molecule has 2 aliphatic rings. The number of aromatic amines is 1. The minimum atomic E-state index is -0.221. The van der Waals surface area contributed by atoms with Crippen LogP contribution in [-0.4, -0.2) is 54.5 Å². The maximum atomic E-state index is 13.8. The molecule has 0 spiro atoms. The van der Waals surface area contributed by atoms with Crippen LogP contribution < -0.4 is 5.32 Å². The number of halogens is 1. The van der Waals surface area contributed by atoms with Gasteiger partial charge in [-0.3, -0.25) is 4.90 Å². The molecule has 2 aromatic carbocycles. The summed E-state index contributed by atoms with van der Waals surface area (Å²) in [6.07, 6.45) is 8.39. The smallest absolute Gasteiger partial charge is 0.317 e. The molecule has 5 rings (SSSR count). The van der Waals surface area contributed by atoms with E-state index in [9.17, 15) is 9.18 Å². The number of amides is 2. The molecule has 2 N–H and O–H groups in total. The summed E-state index contributed by atoms with van der Waals surface area (Å²) in [6.45, 7) is 2.19. The Hall–Kier alpha value is -2.86. The Balaban J connectivity index is 1.17. The molecule has 1 aromatic heterocycles. The SMILES string of the molecule is CN(C)C1(c2ccccc2)CCC(CNC(=O)N2CCCC(c3c[nH]c4ccc(F)cc34)C2)CC1. The van der Waals surface area contributed by atoms with E-state index in [1.54, 1.807) is 12.1 Å². The van der Waals surface area contributed by atoms with Gasteiger partial charge in [0, 0.05) is 48.2 Å². The second-order valence-electron chi connectivity index (χ2n) is 10.6. The first-order valence-electron chi connectivity index (χ1n) is 13.0. The first kappa shape index (κ1) is 23.9. The molecule has 5 nitrogen and oxygen atoms in total. The van der Waals surface area contributed by atoms with Crippen LogP contribution in [0, 0.1) is 11.7 Å². The average Bonchev–Trinajstić information content (AvgIpc) is 3.31. The molecular weight excluding hydrogens is 439 g/mol. The molecule has 1 aliphatic carbocycles. The first-order chi connectivity index (χ1) is 17.0. The normalized spacial score (nSPS) is 25.2. The van der Waals surface area contributed by atoms with Crippen LogP contribution in [0.4, 0.5) is 9.18 Å². The molecule has 0 radical (unpaired) electrons. The van der Waals surface area contributed by atoms with E-state index in [4.69, 9.17) is 0 Å². The molecule has 1 aliphatic heterocycles. The van der Waals surface area contributed by atoms with E-state index in [1.165, 1.54) is 11.6 Å². The van der Waals surface area contributed by atoms with Gasteiger partial charge in [-0.15, -0.1) is 0 Å². The van der Waals surface area contributed by atoms with E-state index < -0.39 is 0 Å². The number of fused-ring (bicyclic) bond motifs is 1. The van der Waals surface area contributed by atoms with E-state index in [0.29, 0.717) is 12.5 Å². The third-order valence-electron chi connectivity index (χ3n) is 8.47. The minimum absolute atomic E-state index is 0.0354. The second-order valence-corrected chi connectivity index (χ2v) is 10.6. The number of benzene rings is 2. The van der Waals surface area contributed by atoms with Crippen molar-refractivity contribution in [3.63, 3.8) is 0 Å². The molecule has 1 saturated heterocycles. The number of hydrogen-bond acceptors (Lipinski definition) is 2. The summed E-state index contributed by atoms with van der Waals surface area (Å²) in [5.74, 6) is 0.515. The van der Waals surface area contributed by atoms with Crippen LogP contribution in [0.2, 0.25) is 0 Å². The number of nitrogens with zero attached hydrogens (tertiary/aromatic N) is 2. The fraction of sp³-hybridized carbons (Fsp3) is 0.483. The number of rotatable bonds is 5. The summed E-state index contributed by atoms with van der Waals surface area (Å²) < 4.78 is 13.8. The highest BCUT2D eigenvalue weighted by molar-refractivity contribution is 5.84. The zero-order valence-electron chi connectivity index (χ0n) is 20.9. The van der Waals surface area contributed by atoms with Crippen LogP contribution in [0.5, 0.6) is 0 Å². The van der Waals surface area contributed by atoms with Crippen molar-refractivity contribution < 1.29 is 9.18 Å². The van der Waals surface area contributed by atoms with Crippen LogP contribution in [0.15, 0.2) is 54.7 Å². The van der Waals surface area contributed by atoms with Crippen LogP contribution >= 0.6 is 0 Å². The zero-order valence-corrected chi connectivity index (χ0v) is 20.9. The lowest BCUT2D eigenvalue weighted by Gasteiger charge is -2.45. The van der Waals surface area contributed by atoms with Gasteiger partial charge in [0.25, 0.3) is 0 Å². The van der Waals surface area contributed by atoms with Gasteiger partial charge in [-0.1, -0.05) is 30.3 Å². The Morgan fingerprint density at radius 2 is 1.91 bits per heavy atom. The summed E-state index contributed by atoms with van der Waals surface area (Å²) in [4.78, 5) is 20.7. The first-order valence-corrected chi connectivity index (χ1v) is 13.0. The van der Waals surface area contributed by atoms with Crippen molar-refractivity contribution in [1.29, 1.82) is 0 Å². The molecule has 35 heavy (non-hydrogen) atoms. The molecule has 2 fully saturated rings. The van der Waals surface area contributed by atoms with Gasteiger partial charge in [0.1, 0.15) is 5.82 Å². The van der Waals surface area contributed by atoms with Crippen molar-refractivity contribution in [3.05, 3.63) is 71.7 Å². The maximum absolute atomic E-state index is 13.8. The molecule has 1 unspecified atom stereocenters. The highest BCUT2D eigenvalue weighted by atomic mass is 19.1. The van der Waals surface area contributed by atoms with Gasteiger partial charge in [-0.05, 0) is 87.9 Å². The fourth-order valence-electron chi connectivity index (χ4n) is 6.31. The van der Waals surface area contributed by atoms with Crippen molar-refractivity contribution in [2.45, 2.75) is 50.0 Å². The van der Waals surface area contributed by atoms with Crippen molar-refractivity contribution >= 4 is 16.9 Å². The topological polar surface area (TPSA) is 51.4 Å². The van der Waals surface area contributed by atoms with E-state index >= 15 is 0 Å². The Kier molecular flexibility index (Phi) is 6.83. The Morgan fingerprint density at radius 3 is 2.66 bits per heavy atom. The largest absolute Gasteiger partial charge is 0.361 e. The van der Waals surface area contributed by atoms with Gasteiger partial charge < -0.3 is 15.2 Å². The van der Waals surface area contributed by atoms with Crippen molar-refractivity contribution in [2.75, 3.05) is 33.7 Å². The van der Waals surface area contributed by atoms with Gasteiger partial charge >= 0.3 is 6.03 Å².